The molecule has 1 aromatic carbocycles. The monoisotopic (exact) mass is 263 g/mol. The van der Waals surface area contributed by atoms with E-state index in [1.54, 1.807) is 12.1 Å². The van der Waals surface area contributed by atoms with Gasteiger partial charge < -0.3 is 10.5 Å². The number of anilines is 1. The van der Waals surface area contributed by atoms with Crippen molar-refractivity contribution in [3.63, 3.8) is 0 Å². The molecule has 0 aliphatic rings. The average Bonchev–Trinajstić information content (AvgIpc) is 2.41. The van der Waals surface area contributed by atoms with Crippen LogP contribution in [0.1, 0.15) is 0 Å². The highest BCUT2D eigenvalue weighted by molar-refractivity contribution is 5.61. The Morgan fingerprint density at radius 3 is 2.68 bits per heavy atom. The Kier molecular flexibility index (Phi) is 3.91. The summed E-state index contributed by atoms with van der Waals surface area (Å²) in [6, 6.07) is 7.32. The highest BCUT2D eigenvalue weighted by Gasteiger charge is 2.07. The second kappa shape index (κ2) is 5.62. The van der Waals surface area contributed by atoms with Crippen molar-refractivity contribution >= 4 is 5.69 Å². The van der Waals surface area contributed by atoms with Gasteiger partial charge in [-0.1, -0.05) is 0 Å². The molecule has 0 saturated carbocycles. The molecule has 0 aliphatic heterocycles. The van der Waals surface area contributed by atoms with Gasteiger partial charge in [0.25, 0.3) is 5.56 Å². The summed E-state index contributed by atoms with van der Waals surface area (Å²) < 4.78 is 19.0. The number of hydrogen-bond donors (Lipinski definition) is 1. The minimum atomic E-state index is -0.358. The predicted octanol–water partition coefficient (Wildman–Crippen LogP) is 1.28. The normalized spacial score (nSPS) is 10.6. The second-order valence-electron chi connectivity index (χ2n) is 4.01. The number of nitrogens with zero attached hydrogens (tertiary/aromatic N) is 2. The quantitative estimate of drug-likeness (QED) is 0.902. The third-order valence-corrected chi connectivity index (χ3v) is 2.65. The van der Waals surface area contributed by atoms with Crippen LogP contribution in [0.15, 0.2) is 35.1 Å². The van der Waals surface area contributed by atoms with Gasteiger partial charge in [-0.2, -0.15) is 5.10 Å². The number of ether oxygens (including phenoxy) is 1. The lowest BCUT2D eigenvalue weighted by Crippen LogP contribution is -2.27. The number of benzene rings is 1. The van der Waals surface area contributed by atoms with Gasteiger partial charge in [0.2, 0.25) is 0 Å². The molecule has 0 aliphatic carbocycles. The zero-order valence-electron chi connectivity index (χ0n) is 10.5. The molecule has 19 heavy (non-hydrogen) atoms. The summed E-state index contributed by atoms with van der Waals surface area (Å²) in [7, 11) is 1.54. The van der Waals surface area contributed by atoms with Crippen molar-refractivity contribution < 1.29 is 9.13 Å². The van der Waals surface area contributed by atoms with Crippen LogP contribution in [0.25, 0.3) is 11.3 Å². The molecule has 2 N–H and O–H groups in total. The number of hydrogen-bond acceptors (Lipinski definition) is 4. The van der Waals surface area contributed by atoms with Crippen molar-refractivity contribution in [1.29, 1.82) is 0 Å². The Hall–Kier alpha value is -2.21. The summed E-state index contributed by atoms with van der Waals surface area (Å²) in [5.41, 5.74) is 6.63. The van der Waals surface area contributed by atoms with E-state index in [9.17, 15) is 9.18 Å². The van der Waals surface area contributed by atoms with Gasteiger partial charge in [-0.15, -0.1) is 0 Å². The molecule has 2 aromatic rings. The average molecular weight is 263 g/mol. The Morgan fingerprint density at radius 2 is 2.05 bits per heavy atom. The molecule has 2 rings (SSSR count). The van der Waals surface area contributed by atoms with E-state index in [-0.39, 0.29) is 17.1 Å². The lowest BCUT2D eigenvalue weighted by atomic mass is 10.1. The fourth-order valence-electron chi connectivity index (χ4n) is 1.65. The van der Waals surface area contributed by atoms with E-state index < -0.39 is 0 Å². The molecule has 0 bridgehead atoms. The van der Waals surface area contributed by atoms with E-state index in [1.165, 1.54) is 30.0 Å². The standard InChI is InChI=1S/C13H14FN3O2/c1-19-7-6-17-13(18)11(15)8-12(16-17)9-2-4-10(14)5-3-9/h2-5,8H,6-7,15H2,1H3. The molecule has 0 amide bonds. The summed E-state index contributed by atoms with van der Waals surface area (Å²) in [6.45, 7) is 0.674. The highest BCUT2D eigenvalue weighted by atomic mass is 19.1. The maximum atomic E-state index is 12.9. The smallest absolute Gasteiger partial charge is 0.289 e. The Morgan fingerprint density at radius 1 is 1.37 bits per heavy atom. The highest BCUT2D eigenvalue weighted by Crippen LogP contribution is 2.17. The van der Waals surface area contributed by atoms with Crippen molar-refractivity contribution in [3.05, 3.63) is 46.5 Å². The number of nitrogen functional groups attached to an aromatic ring is 1. The van der Waals surface area contributed by atoms with Crippen molar-refractivity contribution in [3.8, 4) is 11.3 Å². The van der Waals surface area contributed by atoms with Crippen molar-refractivity contribution in [1.82, 2.24) is 9.78 Å². The van der Waals surface area contributed by atoms with Crippen LogP contribution in [0.2, 0.25) is 0 Å². The Balaban J connectivity index is 2.44. The van der Waals surface area contributed by atoms with Gasteiger partial charge in [0.1, 0.15) is 11.5 Å². The van der Waals surface area contributed by atoms with E-state index in [0.717, 1.165) is 0 Å². The zero-order chi connectivity index (χ0) is 13.8. The second-order valence-corrected chi connectivity index (χ2v) is 4.01. The minimum absolute atomic E-state index is 0.102. The number of halogens is 1. The molecule has 100 valence electrons. The molecule has 5 nitrogen and oxygen atoms in total. The third kappa shape index (κ3) is 2.97. The molecular formula is C13H14FN3O2. The van der Waals surface area contributed by atoms with Crippen LogP contribution in [0, 0.1) is 5.82 Å². The number of aromatic nitrogens is 2. The van der Waals surface area contributed by atoms with Gasteiger partial charge in [0, 0.05) is 12.7 Å². The molecular weight excluding hydrogens is 249 g/mol. The minimum Gasteiger partial charge on any atom is -0.394 e. The van der Waals surface area contributed by atoms with Crippen LogP contribution in [-0.2, 0) is 11.3 Å². The lowest BCUT2D eigenvalue weighted by molar-refractivity contribution is 0.182. The molecule has 6 heteroatoms. The van der Waals surface area contributed by atoms with Crippen LogP contribution in [0.5, 0.6) is 0 Å². The molecule has 0 unspecified atom stereocenters. The molecule has 1 heterocycles. The molecule has 1 aromatic heterocycles. The maximum Gasteiger partial charge on any atom is 0.289 e. The first kappa shape index (κ1) is 13.2. The zero-order valence-corrected chi connectivity index (χ0v) is 10.5. The van der Waals surface area contributed by atoms with Gasteiger partial charge >= 0.3 is 0 Å². The van der Waals surface area contributed by atoms with Crippen molar-refractivity contribution in [2.24, 2.45) is 0 Å². The maximum absolute atomic E-state index is 12.9. The number of nitrogens with two attached hydrogens (primary N) is 1. The Bertz CT molecular complexity index is 623. The largest absolute Gasteiger partial charge is 0.394 e. The van der Waals surface area contributed by atoms with E-state index >= 15 is 0 Å². The van der Waals surface area contributed by atoms with Gasteiger partial charge in [-0.05, 0) is 30.3 Å². The fraction of sp³-hybridized carbons (Fsp3) is 0.231. The van der Waals surface area contributed by atoms with E-state index in [2.05, 4.69) is 5.10 Å². The van der Waals surface area contributed by atoms with E-state index in [0.29, 0.717) is 24.4 Å². The summed E-state index contributed by atoms with van der Waals surface area (Å²) >= 11 is 0. The molecule has 0 fully saturated rings. The first-order valence-electron chi connectivity index (χ1n) is 5.74. The van der Waals surface area contributed by atoms with E-state index in [4.69, 9.17) is 10.5 Å². The van der Waals surface area contributed by atoms with Crippen molar-refractivity contribution in [2.75, 3.05) is 19.5 Å². The van der Waals surface area contributed by atoms with Crippen molar-refractivity contribution in [2.45, 2.75) is 6.54 Å². The molecule has 0 atom stereocenters. The fourth-order valence-corrected chi connectivity index (χ4v) is 1.65. The lowest BCUT2D eigenvalue weighted by Gasteiger charge is -2.08. The molecule has 0 radical (unpaired) electrons. The van der Waals surface area contributed by atoms with Gasteiger partial charge in [-0.25, -0.2) is 9.07 Å². The van der Waals surface area contributed by atoms with E-state index in [1.807, 2.05) is 0 Å². The number of rotatable bonds is 4. The van der Waals surface area contributed by atoms with Crippen LogP contribution in [0.3, 0.4) is 0 Å². The van der Waals surface area contributed by atoms with Crippen LogP contribution >= 0.6 is 0 Å². The first-order chi connectivity index (χ1) is 9.11. The topological polar surface area (TPSA) is 70.1 Å². The van der Waals surface area contributed by atoms with Crippen LogP contribution < -0.4 is 11.3 Å². The summed E-state index contributed by atoms with van der Waals surface area (Å²) in [4.78, 5) is 11.8. The predicted molar refractivity (Wildman–Crippen MR) is 70.2 cm³/mol. The third-order valence-electron chi connectivity index (χ3n) is 2.65. The SMILES string of the molecule is COCCn1nc(-c2ccc(F)cc2)cc(N)c1=O. The van der Waals surface area contributed by atoms with Gasteiger partial charge in [0.05, 0.1) is 18.8 Å². The first-order valence-corrected chi connectivity index (χ1v) is 5.74. The van der Waals surface area contributed by atoms with Gasteiger partial charge in [-0.3, -0.25) is 4.79 Å². The molecule has 0 spiro atoms. The number of methoxy groups -OCH3 is 1. The summed E-state index contributed by atoms with van der Waals surface area (Å²) in [6.07, 6.45) is 0. The van der Waals surface area contributed by atoms with Gasteiger partial charge in [0.15, 0.2) is 0 Å². The summed E-state index contributed by atoms with van der Waals surface area (Å²) in [5.74, 6) is -0.329. The molecule has 0 saturated heterocycles. The summed E-state index contributed by atoms with van der Waals surface area (Å²) in [5, 5.41) is 4.19. The van der Waals surface area contributed by atoms with Crippen LogP contribution in [0.4, 0.5) is 10.1 Å². The Labute approximate surface area is 109 Å². The van der Waals surface area contributed by atoms with Crippen LogP contribution in [-0.4, -0.2) is 23.5 Å².